The molecule has 2 unspecified atom stereocenters. The van der Waals surface area contributed by atoms with E-state index in [9.17, 15) is 5.11 Å². The highest BCUT2D eigenvalue weighted by Gasteiger charge is 2.25. The molecule has 0 bridgehead atoms. The lowest BCUT2D eigenvalue weighted by molar-refractivity contribution is 0.153. The summed E-state index contributed by atoms with van der Waals surface area (Å²) in [7, 11) is 0. The van der Waals surface area contributed by atoms with Gasteiger partial charge in [-0.2, -0.15) is 0 Å². The number of likely N-dealkylation sites (N-methyl/N-ethyl adjacent to an activating group) is 1. The predicted octanol–water partition coefficient (Wildman–Crippen LogP) is 2.35. The predicted molar refractivity (Wildman–Crippen MR) is 78.2 cm³/mol. The topological polar surface area (TPSA) is 50.1 Å². The quantitative estimate of drug-likeness (QED) is 0.839. The zero-order valence-electron chi connectivity index (χ0n) is 11.9. The molecule has 0 aliphatic rings. The molecule has 2 N–H and O–H groups in total. The first-order chi connectivity index (χ1) is 9.09. The zero-order chi connectivity index (χ0) is 13.9. The van der Waals surface area contributed by atoms with Gasteiger partial charge in [0, 0.05) is 11.6 Å². The van der Waals surface area contributed by atoms with E-state index in [4.69, 9.17) is 0 Å². The summed E-state index contributed by atoms with van der Waals surface area (Å²) >= 11 is 0. The van der Waals surface area contributed by atoms with Gasteiger partial charge >= 0.3 is 0 Å². The van der Waals surface area contributed by atoms with Gasteiger partial charge in [-0.3, -0.25) is 0 Å². The van der Waals surface area contributed by atoms with Gasteiger partial charge in [-0.1, -0.05) is 19.1 Å². The molecule has 0 aliphatic carbocycles. The molecule has 0 saturated heterocycles. The van der Waals surface area contributed by atoms with Gasteiger partial charge in [0.25, 0.3) is 0 Å². The summed E-state index contributed by atoms with van der Waals surface area (Å²) in [6, 6.07) is 8.42. The van der Waals surface area contributed by atoms with Crippen molar-refractivity contribution < 1.29 is 5.11 Å². The third-order valence-corrected chi connectivity index (χ3v) is 3.65. The average Bonchev–Trinajstić information content (AvgIpc) is 2.83. The van der Waals surface area contributed by atoms with Gasteiger partial charge in [0.15, 0.2) is 0 Å². The van der Waals surface area contributed by atoms with Crippen LogP contribution < -0.4 is 5.32 Å². The lowest BCUT2D eigenvalue weighted by Crippen LogP contribution is -2.46. The second-order valence-electron chi connectivity index (χ2n) is 5.44. The molecular formula is C15H23N3O. The molecule has 4 heteroatoms. The second-order valence-corrected chi connectivity index (χ2v) is 5.44. The van der Waals surface area contributed by atoms with E-state index >= 15 is 0 Å². The normalized spacial score (nSPS) is 16.4. The molecule has 0 saturated carbocycles. The maximum absolute atomic E-state index is 9.59. The molecule has 1 aromatic heterocycles. The standard InChI is InChI=1S/C15H23N3O/c1-4-17-15(3,10-19)9-12(2)18-11-16-13-7-5-6-8-14(13)18/h5-8,11-12,17,19H,4,9-10H2,1-3H3. The Kier molecular flexibility index (Phi) is 4.22. The molecule has 0 spiro atoms. The van der Waals surface area contributed by atoms with E-state index in [1.54, 1.807) is 0 Å². The average molecular weight is 261 g/mol. The molecular weight excluding hydrogens is 238 g/mol. The Labute approximate surface area is 114 Å². The minimum absolute atomic E-state index is 0.137. The highest BCUT2D eigenvalue weighted by atomic mass is 16.3. The van der Waals surface area contributed by atoms with E-state index in [2.05, 4.69) is 41.7 Å². The van der Waals surface area contributed by atoms with Crippen molar-refractivity contribution in [1.82, 2.24) is 14.9 Å². The SMILES string of the molecule is CCNC(C)(CO)CC(C)n1cnc2ccccc21. The zero-order valence-corrected chi connectivity index (χ0v) is 11.9. The Morgan fingerprint density at radius 1 is 1.42 bits per heavy atom. The van der Waals surface area contributed by atoms with Crippen molar-refractivity contribution >= 4 is 11.0 Å². The van der Waals surface area contributed by atoms with Crippen molar-refractivity contribution in [2.24, 2.45) is 0 Å². The van der Waals surface area contributed by atoms with Crippen LogP contribution in [0.1, 0.15) is 33.2 Å². The van der Waals surface area contributed by atoms with E-state index in [0.717, 1.165) is 24.0 Å². The van der Waals surface area contributed by atoms with E-state index in [-0.39, 0.29) is 18.2 Å². The maximum atomic E-state index is 9.59. The Hall–Kier alpha value is -1.39. The Morgan fingerprint density at radius 3 is 2.84 bits per heavy atom. The number of hydrogen-bond acceptors (Lipinski definition) is 3. The molecule has 2 aromatic rings. The number of imidazole rings is 1. The van der Waals surface area contributed by atoms with Crippen LogP contribution in [0.3, 0.4) is 0 Å². The fourth-order valence-electron chi connectivity index (χ4n) is 2.70. The fourth-order valence-corrected chi connectivity index (χ4v) is 2.70. The molecule has 0 fully saturated rings. The molecule has 2 atom stereocenters. The van der Waals surface area contributed by atoms with E-state index in [1.807, 2.05) is 24.5 Å². The highest BCUT2D eigenvalue weighted by molar-refractivity contribution is 5.75. The Bertz CT molecular complexity index is 537. The van der Waals surface area contributed by atoms with Crippen LogP contribution in [0.15, 0.2) is 30.6 Å². The van der Waals surface area contributed by atoms with Crippen molar-refractivity contribution in [2.75, 3.05) is 13.2 Å². The van der Waals surface area contributed by atoms with Crippen molar-refractivity contribution in [3.05, 3.63) is 30.6 Å². The van der Waals surface area contributed by atoms with Crippen molar-refractivity contribution in [2.45, 2.75) is 38.8 Å². The van der Waals surface area contributed by atoms with Crippen LogP contribution >= 0.6 is 0 Å². The summed E-state index contributed by atoms with van der Waals surface area (Å²) in [6.07, 6.45) is 2.75. The Balaban J connectivity index is 2.22. The molecule has 0 aliphatic heterocycles. The molecule has 4 nitrogen and oxygen atoms in total. The van der Waals surface area contributed by atoms with Crippen LogP contribution in [0.5, 0.6) is 0 Å². The number of hydrogen-bond donors (Lipinski definition) is 2. The number of rotatable bonds is 6. The van der Waals surface area contributed by atoms with Crippen molar-refractivity contribution in [3.63, 3.8) is 0 Å². The van der Waals surface area contributed by atoms with Gasteiger partial charge in [-0.05, 0) is 38.9 Å². The van der Waals surface area contributed by atoms with Crippen LogP contribution in [0, 0.1) is 0 Å². The lowest BCUT2D eigenvalue weighted by atomic mass is 9.94. The number of para-hydroxylation sites is 2. The van der Waals surface area contributed by atoms with Gasteiger partial charge in [-0.15, -0.1) is 0 Å². The highest BCUT2D eigenvalue weighted by Crippen LogP contribution is 2.24. The number of benzene rings is 1. The molecule has 104 valence electrons. The Morgan fingerprint density at radius 2 is 2.16 bits per heavy atom. The summed E-state index contributed by atoms with van der Waals surface area (Å²) in [4.78, 5) is 4.42. The number of fused-ring (bicyclic) bond motifs is 1. The lowest BCUT2D eigenvalue weighted by Gasteiger charge is -2.31. The van der Waals surface area contributed by atoms with Gasteiger partial charge in [0.1, 0.15) is 0 Å². The van der Waals surface area contributed by atoms with Gasteiger partial charge < -0.3 is 15.0 Å². The molecule has 0 radical (unpaired) electrons. The fraction of sp³-hybridized carbons (Fsp3) is 0.533. The largest absolute Gasteiger partial charge is 0.394 e. The third-order valence-electron chi connectivity index (χ3n) is 3.65. The van der Waals surface area contributed by atoms with Crippen LogP contribution in [-0.2, 0) is 0 Å². The summed E-state index contributed by atoms with van der Waals surface area (Å²) < 4.78 is 2.18. The minimum Gasteiger partial charge on any atom is -0.394 e. The molecule has 2 rings (SSSR count). The summed E-state index contributed by atoms with van der Waals surface area (Å²) in [5.41, 5.74) is 1.91. The van der Waals surface area contributed by atoms with E-state index in [1.165, 1.54) is 0 Å². The maximum Gasteiger partial charge on any atom is 0.0960 e. The monoisotopic (exact) mass is 261 g/mol. The number of nitrogens with one attached hydrogen (secondary N) is 1. The first-order valence-electron chi connectivity index (χ1n) is 6.87. The summed E-state index contributed by atoms with van der Waals surface area (Å²) in [6.45, 7) is 7.28. The number of aromatic nitrogens is 2. The number of aliphatic hydroxyl groups is 1. The van der Waals surface area contributed by atoms with Crippen LogP contribution in [0.25, 0.3) is 11.0 Å². The van der Waals surface area contributed by atoms with Gasteiger partial charge in [0.2, 0.25) is 0 Å². The smallest absolute Gasteiger partial charge is 0.0960 e. The molecule has 1 heterocycles. The van der Waals surface area contributed by atoms with Crippen LogP contribution in [0.2, 0.25) is 0 Å². The molecule has 1 aromatic carbocycles. The van der Waals surface area contributed by atoms with E-state index < -0.39 is 0 Å². The van der Waals surface area contributed by atoms with Crippen LogP contribution in [0.4, 0.5) is 0 Å². The van der Waals surface area contributed by atoms with Crippen molar-refractivity contribution in [1.29, 1.82) is 0 Å². The van der Waals surface area contributed by atoms with Crippen molar-refractivity contribution in [3.8, 4) is 0 Å². The van der Waals surface area contributed by atoms with Gasteiger partial charge in [-0.25, -0.2) is 4.98 Å². The minimum atomic E-state index is -0.250. The van der Waals surface area contributed by atoms with Crippen LogP contribution in [-0.4, -0.2) is 33.3 Å². The third kappa shape index (κ3) is 2.96. The van der Waals surface area contributed by atoms with E-state index in [0.29, 0.717) is 0 Å². The second kappa shape index (κ2) is 5.72. The molecule has 19 heavy (non-hydrogen) atoms. The number of nitrogens with zero attached hydrogens (tertiary/aromatic N) is 2. The number of aliphatic hydroxyl groups excluding tert-OH is 1. The van der Waals surface area contributed by atoms with Gasteiger partial charge in [0.05, 0.1) is 24.0 Å². The molecule has 0 amide bonds. The first-order valence-corrected chi connectivity index (χ1v) is 6.87. The first kappa shape index (κ1) is 14.0. The summed E-state index contributed by atoms with van der Waals surface area (Å²) in [5.74, 6) is 0. The summed E-state index contributed by atoms with van der Waals surface area (Å²) in [5, 5.41) is 13.0.